The van der Waals surface area contributed by atoms with Gasteiger partial charge in [-0.05, 0) is 36.4 Å². The van der Waals surface area contributed by atoms with Crippen LogP contribution in [0.15, 0.2) is 73.6 Å². The lowest BCUT2D eigenvalue weighted by atomic mass is 9.95. The van der Waals surface area contributed by atoms with E-state index in [1.807, 2.05) is 57.3 Å². The van der Waals surface area contributed by atoms with Crippen molar-refractivity contribution in [3.05, 3.63) is 73.6 Å². The number of anilines is 1. The maximum atomic E-state index is 12.4. The van der Waals surface area contributed by atoms with Gasteiger partial charge in [0.1, 0.15) is 0 Å². The summed E-state index contributed by atoms with van der Waals surface area (Å²) < 4.78 is 0. The molecule has 1 amide bonds. The number of aromatic nitrogens is 7. The smallest absolute Gasteiger partial charge is 0.229 e. The first kappa shape index (κ1) is 22.5. The van der Waals surface area contributed by atoms with Crippen molar-refractivity contribution in [2.24, 2.45) is 5.41 Å². The van der Waals surface area contributed by atoms with Crippen LogP contribution in [-0.4, -0.2) is 41.0 Å². The van der Waals surface area contributed by atoms with Crippen LogP contribution in [0.3, 0.4) is 0 Å². The molecule has 0 aliphatic rings. The summed E-state index contributed by atoms with van der Waals surface area (Å²) >= 11 is 0. The quantitative estimate of drug-likeness (QED) is 0.296. The van der Waals surface area contributed by atoms with Gasteiger partial charge in [0.15, 0.2) is 5.65 Å². The zero-order valence-corrected chi connectivity index (χ0v) is 20.6. The number of carbonyl (C=O) groups is 1. The van der Waals surface area contributed by atoms with E-state index >= 15 is 0 Å². The van der Waals surface area contributed by atoms with Crippen molar-refractivity contribution in [2.45, 2.75) is 20.8 Å². The van der Waals surface area contributed by atoms with Gasteiger partial charge >= 0.3 is 0 Å². The molecule has 0 saturated carbocycles. The standard InChI is InChI=1S/C28H24N8O/c1-28(2,3)27(37)33-19-9-17(13-30-15-19)18-10-21-25(35-36-26(21)32-14-18)23-11-20-22(34-23)6-8-31-24(20)16-5-4-7-29-12-16/h4-15,34H,1-3H3,(H,33,37)(H,32,35,36). The fraction of sp³-hybridized carbons (Fsp3) is 0.143. The predicted molar refractivity (Wildman–Crippen MR) is 144 cm³/mol. The number of hydrogen-bond acceptors (Lipinski definition) is 6. The minimum absolute atomic E-state index is 0.0731. The normalized spacial score (nSPS) is 11.8. The fourth-order valence-corrected chi connectivity index (χ4v) is 4.17. The third-order valence-corrected chi connectivity index (χ3v) is 6.17. The first-order valence-corrected chi connectivity index (χ1v) is 11.9. The van der Waals surface area contributed by atoms with Gasteiger partial charge in [-0.3, -0.25) is 24.8 Å². The van der Waals surface area contributed by atoms with Crippen molar-refractivity contribution in [2.75, 3.05) is 5.32 Å². The van der Waals surface area contributed by atoms with Crippen molar-refractivity contribution >= 4 is 33.5 Å². The molecule has 6 aromatic heterocycles. The van der Waals surface area contributed by atoms with E-state index in [9.17, 15) is 4.79 Å². The Labute approximate surface area is 212 Å². The van der Waals surface area contributed by atoms with Gasteiger partial charge in [0.2, 0.25) is 5.91 Å². The van der Waals surface area contributed by atoms with Crippen LogP contribution in [0.1, 0.15) is 20.8 Å². The first-order valence-electron chi connectivity index (χ1n) is 11.9. The highest BCUT2D eigenvalue weighted by atomic mass is 16.2. The molecule has 182 valence electrons. The lowest BCUT2D eigenvalue weighted by Gasteiger charge is -2.17. The van der Waals surface area contributed by atoms with Gasteiger partial charge in [-0.15, -0.1) is 0 Å². The molecule has 0 spiro atoms. The number of rotatable bonds is 4. The van der Waals surface area contributed by atoms with E-state index in [2.05, 4.69) is 46.5 Å². The van der Waals surface area contributed by atoms with E-state index in [0.29, 0.717) is 11.3 Å². The third kappa shape index (κ3) is 4.20. The van der Waals surface area contributed by atoms with Crippen LogP contribution >= 0.6 is 0 Å². The number of H-pyrrole nitrogens is 2. The van der Waals surface area contributed by atoms with Crippen LogP contribution in [-0.2, 0) is 4.79 Å². The van der Waals surface area contributed by atoms with Crippen molar-refractivity contribution in [3.63, 3.8) is 0 Å². The van der Waals surface area contributed by atoms with Crippen molar-refractivity contribution in [3.8, 4) is 33.8 Å². The molecule has 0 aliphatic carbocycles. The molecular formula is C28H24N8O. The van der Waals surface area contributed by atoms with E-state index in [1.165, 1.54) is 0 Å². The molecular weight excluding hydrogens is 464 g/mol. The maximum Gasteiger partial charge on any atom is 0.229 e. The molecule has 6 heterocycles. The molecule has 9 nitrogen and oxygen atoms in total. The molecule has 0 saturated heterocycles. The Kier molecular flexibility index (Phi) is 5.26. The number of hydrogen-bond donors (Lipinski definition) is 3. The van der Waals surface area contributed by atoms with Crippen molar-refractivity contribution < 1.29 is 4.79 Å². The van der Waals surface area contributed by atoms with Gasteiger partial charge in [0, 0.05) is 69.4 Å². The highest BCUT2D eigenvalue weighted by Gasteiger charge is 2.21. The summed E-state index contributed by atoms with van der Waals surface area (Å²) in [6, 6.07) is 11.8. The summed E-state index contributed by atoms with van der Waals surface area (Å²) in [5.74, 6) is -0.0731. The Bertz CT molecular complexity index is 1760. The van der Waals surface area contributed by atoms with Gasteiger partial charge < -0.3 is 10.3 Å². The maximum absolute atomic E-state index is 12.4. The number of nitrogens with zero attached hydrogens (tertiary/aromatic N) is 5. The lowest BCUT2D eigenvalue weighted by Crippen LogP contribution is -2.27. The number of nitrogens with one attached hydrogen (secondary N) is 3. The highest BCUT2D eigenvalue weighted by Crippen LogP contribution is 2.34. The molecule has 6 aromatic rings. The molecule has 0 aliphatic heterocycles. The average molecular weight is 489 g/mol. The van der Waals surface area contributed by atoms with Crippen LogP contribution in [0.5, 0.6) is 0 Å². The second-order valence-corrected chi connectivity index (χ2v) is 9.91. The summed E-state index contributed by atoms with van der Waals surface area (Å²) in [4.78, 5) is 33.6. The van der Waals surface area contributed by atoms with Crippen molar-refractivity contribution in [1.82, 2.24) is 35.1 Å². The van der Waals surface area contributed by atoms with Gasteiger partial charge in [-0.25, -0.2) is 4.98 Å². The molecule has 3 N–H and O–H groups in total. The van der Waals surface area contributed by atoms with E-state index in [-0.39, 0.29) is 5.91 Å². The first-order chi connectivity index (χ1) is 17.9. The van der Waals surface area contributed by atoms with E-state index in [1.54, 1.807) is 31.0 Å². The van der Waals surface area contributed by atoms with Gasteiger partial charge in [0.05, 0.1) is 29.0 Å². The van der Waals surface area contributed by atoms with E-state index in [4.69, 9.17) is 0 Å². The van der Waals surface area contributed by atoms with Crippen LogP contribution in [0.4, 0.5) is 5.69 Å². The number of pyridine rings is 4. The second kappa shape index (κ2) is 8.63. The number of fused-ring (bicyclic) bond motifs is 2. The summed E-state index contributed by atoms with van der Waals surface area (Å²) in [5, 5.41) is 12.3. The average Bonchev–Trinajstić information content (AvgIpc) is 3.52. The summed E-state index contributed by atoms with van der Waals surface area (Å²) in [6.07, 6.45) is 10.5. The Balaban J connectivity index is 1.40. The van der Waals surface area contributed by atoms with Gasteiger partial charge in [0.25, 0.3) is 0 Å². The number of aromatic amines is 2. The zero-order valence-electron chi connectivity index (χ0n) is 20.6. The van der Waals surface area contributed by atoms with Crippen LogP contribution in [0.2, 0.25) is 0 Å². The predicted octanol–water partition coefficient (Wildman–Crippen LogP) is 5.61. The number of carbonyl (C=O) groups excluding carboxylic acids is 1. The monoisotopic (exact) mass is 488 g/mol. The third-order valence-electron chi connectivity index (χ3n) is 6.17. The molecule has 0 fully saturated rings. The summed E-state index contributed by atoms with van der Waals surface area (Å²) in [6.45, 7) is 5.62. The molecule has 37 heavy (non-hydrogen) atoms. The molecule has 0 atom stereocenters. The molecule has 0 radical (unpaired) electrons. The molecule has 6 rings (SSSR count). The largest absolute Gasteiger partial charge is 0.353 e. The molecule has 0 aromatic carbocycles. The van der Waals surface area contributed by atoms with Crippen LogP contribution < -0.4 is 5.32 Å². The molecule has 0 bridgehead atoms. The fourth-order valence-electron chi connectivity index (χ4n) is 4.17. The Morgan fingerprint density at radius 1 is 0.865 bits per heavy atom. The van der Waals surface area contributed by atoms with Crippen LogP contribution in [0.25, 0.3) is 55.7 Å². The number of amides is 1. The van der Waals surface area contributed by atoms with E-state index in [0.717, 1.165) is 50.1 Å². The topological polar surface area (TPSA) is 125 Å². The summed E-state index contributed by atoms with van der Waals surface area (Å²) in [5.41, 5.74) is 6.90. The Hall–Kier alpha value is -4.92. The second-order valence-electron chi connectivity index (χ2n) is 9.91. The highest BCUT2D eigenvalue weighted by molar-refractivity contribution is 6.00. The Morgan fingerprint density at radius 3 is 2.51 bits per heavy atom. The molecule has 9 heteroatoms. The summed E-state index contributed by atoms with van der Waals surface area (Å²) in [7, 11) is 0. The van der Waals surface area contributed by atoms with Gasteiger partial charge in [-0.1, -0.05) is 20.8 Å². The van der Waals surface area contributed by atoms with Crippen molar-refractivity contribution in [1.29, 1.82) is 0 Å². The van der Waals surface area contributed by atoms with E-state index < -0.39 is 5.41 Å². The lowest BCUT2D eigenvalue weighted by molar-refractivity contribution is -0.123. The zero-order chi connectivity index (χ0) is 25.6. The van der Waals surface area contributed by atoms with Gasteiger partial charge in [-0.2, -0.15) is 5.10 Å². The SMILES string of the molecule is CC(C)(C)C(=O)Nc1cncc(-c2cnc3n[nH]c(-c4cc5c(-c6cccnc6)nccc5[nH]4)c3c2)c1. The van der Waals surface area contributed by atoms with Crippen LogP contribution in [0, 0.1) is 5.41 Å². The minimum Gasteiger partial charge on any atom is -0.353 e. The Morgan fingerprint density at radius 2 is 1.70 bits per heavy atom. The molecule has 0 unspecified atom stereocenters. The minimum atomic E-state index is -0.506.